The van der Waals surface area contributed by atoms with Crippen LogP contribution < -0.4 is 0 Å². The van der Waals surface area contributed by atoms with E-state index in [1.54, 1.807) is 0 Å². The van der Waals surface area contributed by atoms with Crippen molar-refractivity contribution in [1.82, 2.24) is 0 Å². The van der Waals surface area contributed by atoms with Gasteiger partial charge in [0, 0.05) is 0 Å². The number of halogens is 1. The Morgan fingerprint density at radius 2 is 2.50 bits per heavy atom. The Hall–Kier alpha value is -0.310. The average Bonchev–Trinajstić information content (AvgIpc) is 1.88. The van der Waals surface area contributed by atoms with Gasteiger partial charge in [-0.1, -0.05) is 22.0 Å². The molecule has 56 valence electrons. The van der Waals surface area contributed by atoms with E-state index in [1.807, 2.05) is 6.08 Å². The smallest absolute Gasteiger partial charge is 0.306 e. The van der Waals surface area contributed by atoms with Gasteiger partial charge < -0.3 is 5.11 Å². The third kappa shape index (κ3) is 1.84. The van der Waals surface area contributed by atoms with Crippen molar-refractivity contribution in [3.63, 3.8) is 0 Å². The molecule has 0 aromatic carbocycles. The second kappa shape index (κ2) is 3.19. The topological polar surface area (TPSA) is 37.3 Å². The molecule has 0 aliphatic heterocycles. The van der Waals surface area contributed by atoms with Gasteiger partial charge in [-0.3, -0.25) is 4.79 Å². The van der Waals surface area contributed by atoms with E-state index in [1.165, 1.54) is 0 Å². The highest BCUT2D eigenvalue weighted by Gasteiger charge is 2.19. The summed E-state index contributed by atoms with van der Waals surface area (Å²) in [5.41, 5.74) is 0. The van der Waals surface area contributed by atoms with Crippen molar-refractivity contribution in [2.45, 2.75) is 19.3 Å². The minimum atomic E-state index is -0.670. The first-order valence-electron chi connectivity index (χ1n) is 3.27. The number of allylic oxidation sites excluding steroid dienone is 2. The van der Waals surface area contributed by atoms with Crippen molar-refractivity contribution in [2.75, 3.05) is 0 Å². The molecule has 0 aromatic rings. The van der Waals surface area contributed by atoms with E-state index in [-0.39, 0.29) is 5.92 Å². The van der Waals surface area contributed by atoms with Gasteiger partial charge in [-0.05, 0) is 23.7 Å². The van der Waals surface area contributed by atoms with Crippen LogP contribution in [-0.4, -0.2) is 11.1 Å². The molecule has 1 aliphatic rings. The number of hydrogen-bond donors (Lipinski definition) is 1. The lowest BCUT2D eigenvalue weighted by atomic mass is 9.95. The molecule has 0 fully saturated rings. The number of carbonyl (C=O) groups is 1. The van der Waals surface area contributed by atoms with Gasteiger partial charge in [-0.2, -0.15) is 0 Å². The van der Waals surface area contributed by atoms with Crippen LogP contribution in [0.3, 0.4) is 0 Å². The van der Waals surface area contributed by atoms with Crippen molar-refractivity contribution in [3.8, 4) is 0 Å². The monoisotopic (exact) mass is 204 g/mol. The van der Waals surface area contributed by atoms with E-state index < -0.39 is 5.97 Å². The summed E-state index contributed by atoms with van der Waals surface area (Å²) in [6.07, 6.45) is 4.27. The van der Waals surface area contributed by atoms with Gasteiger partial charge in [-0.25, -0.2) is 0 Å². The summed E-state index contributed by atoms with van der Waals surface area (Å²) in [4.78, 5) is 10.4. The summed E-state index contributed by atoms with van der Waals surface area (Å²) in [6, 6.07) is 0. The Morgan fingerprint density at radius 1 is 1.80 bits per heavy atom. The van der Waals surface area contributed by atoms with Crippen molar-refractivity contribution in [3.05, 3.63) is 10.6 Å². The largest absolute Gasteiger partial charge is 0.481 e. The normalized spacial score (nSPS) is 25.7. The summed E-state index contributed by atoms with van der Waals surface area (Å²) in [6.45, 7) is 0. The Labute approximate surface area is 68.1 Å². The zero-order chi connectivity index (χ0) is 7.56. The molecule has 1 rings (SSSR count). The Kier molecular flexibility index (Phi) is 2.49. The maximum Gasteiger partial charge on any atom is 0.306 e. The third-order valence-electron chi connectivity index (χ3n) is 1.70. The van der Waals surface area contributed by atoms with Crippen molar-refractivity contribution in [2.24, 2.45) is 5.92 Å². The molecular formula is C7H9BrO2. The summed E-state index contributed by atoms with van der Waals surface area (Å²) < 4.78 is 1.14. The second-order valence-electron chi connectivity index (χ2n) is 2.46. The lowest BCUT2D eigenvalue weighted by molar-refractivity contribution is -0.141. The lowest BCUT2D eigenvalue weighted by Gasteiger charge is -2.14. The van der Waals surface area contributed by atoms with E-state index in [0.717, 1.165) is 17.3 Å². The number of aliphatic carboxylic acids is 1. The quantitative estimate of drug-likeness (QED) is 0.711. The number of carboxylic acid groups (broad SMARTS) is 1. The first-order chi connectivity index (χ1) is 4.70. The number of hydrogen-bond acceptors (Lipinski definition) is 1. The van der Waals surface area contributed by atoms with Gasteiger partial charge in [-0.15, -0.1) is 0 Å². The fraction of sp³-hybridized carbons (Fsp3) is 0.571. The van der Waals surface area contributed by atoms with Gasteiger partial charge in [0.15, 0.2) is 0 Å². The van der Waals surface area contributed by atoms with Crippen LogP contribution in [0.4, 0.5) is 0 Å². The maximum atomic E-state index is 10.4. The van der Waals surface area contributed by atoms with Crippen LogP contribution in [0.25, 0.3) is 0 Å². The molecule has 0 aromatic heterocycles. The zero-order valence-corrected chi connectivity index (χ0v) is 7.10. The predicted molar refractivity (Wildman–Crippen MR) is 42.0 cm³/mol. The zero-order valence-electron chi connectivity index (χ0n) is 5.51. The molecule has 3 heteroatoms. The molecule has 1 aliphatic carbocycles. The van der Waals surface area contributed by atoms with Gasteiger partial charge in [0.1, 0.15) is 0 Å². The van der Waals surface area contributed by atoms with E-state index in [9.17, 15) is 4.79 Å². The van der Waals surface area contributed by atoms with Crippen LogP contribution in [0.1, 0.15) is 19.3 Å². The average molecular weight is 205 g/mol. The summed E-state index contributed by atoms with van der Waals surface area (Å²) in [5.74, 6) is -0.822. The summed E-state index contributed by atoms with van der Waals surface area (Å²) in [5, 5.41) is 8.58. The molecule has 0 radical (unpaired) electrons. The van der Waals surface area contributed by atoms with Crippen LogP contribution in [0.2, 0.25) is 0 Å². The SMILES string of the molecule is O=C(O)C1CC=C(Br)CC1. The Balaban J connectivity index is 2.50. The molecule has 0 amide bonds. The predicted octanol–water partition coefficient (Wildman–Crippen LogP) is 2.15. The second-order valence-corrected chi connectivity index (χ2v) is 3.48. The molecular weight excluding hydrogens is 196 g/mol. The van der Waals surface area contributed by atoms with Crippen molar-refractivity contribution < 1.29 is 9.90 Å². The molecule has 0 spiro atoms. The number of rotatable bonds is 1. The van der Waals surface area contributed by atoms with Gasteiger partial charge in [0.2, 0.25) is 0 Å². The summed E-state index contributed by atoms with van der Waals surface area (Å²) >= 11 is 3.33. The highest BCUT2D eigenvalue weighted by Crippen LogP contribution is 2.26. The van der Waals surface area contributed by atoms with E-state index >= 15 is 0 Å². The molecule has 2 nitrogen and oxygen atoms in total. The molecule has 10 heavy (non-hydrogen) atoms. The Bertz CT molecular complexity index is 174. The highest BCUT2D eigenvalue weighted by molar-refractivity contribution is 9.11. The number of carboxylic acids is 1. The lowest BCUT2D eigenvalue weighted by Crippen LogP contribution is -2.14. The Morgan fingerprint density at radius 3 is 2.90 bits per heavy atom. The molecule has 0 saturated carbocycles. The van der Waals surface area contributed by atoms with Crippen molar-refractivity contribution in [1.29, 1.82) is 0 Å². The van der Waals surface area contributed by atoms with Gasteiger partial charge in [0.05, 0.1) is 5.92 Å². The van der Waals surface area contributed by atoms with E-state index in [2.05, 4.69) is 15.9 Å². The molecule has 1 atom stereocenters. The summed E-state index contributed by atoms with van der Waals surface area (Å²) in [7, 11) is 0. The van der Waals surface area contributed by atoms with E-state index in [4.69, 9.17) is 5.11 Å². The van der Waals surface area contributed by atoms with Crippen LogP contribution in [-0.2, 0) is 4.79 Å². The molecule has 0 bridgehead atoms. The van der Waals surface area contributed by atoms with Crippen LogP contribution in [0, 0.1) is 5.92 Å². The van der Waals surface area contributed by atoms with Crippen LogP contribution >= 0.6 is 15.9 Å². The molecule has 1 N–H and O–H groups in total. The maximum absolute atomic E-state index is 10.4. The van der Waals surface area contributed by atoms with Crippen LogP contribution in [0.5, 0.6) is 0 Å². The standard InChI is InChI=1S/C7H9BrO2/c8-6-3-1-5(2-4-6)7(9)10/h3,5H,1-2,4H2,(H,9,10). The van der Waals surface area contributed by atoms with Gasteiger partial charge >= 0.3 is 5.97 Å². The highest BCUT2D eigenvalue weighted by atomic mass is 79.9. The first kappa shape index (κ1) is 7.79. The molecule has 0 heterocycles. The first-order valence-corrected chi connectivity index (χ1v) is 4.07. The van der Waals surface area contributed by atoms with Crippen LogP contribution in [0.15, 0.2) is 10.6 Å². The fourth-order valence-electron chi connectivity index (χ4n) is 1.03. The minimum absolute atomic E-state index is 0.152. The third-order valence-corrected chi connectivity index (χ3v) is 2.42. The fourth-order valence-corrected chi connectivity index (χ4v) is 1.44. The molecule has 0 saturated heterocycles. The van der Waals surface area contributed by atoms with E-state index in [0.29, 0.717) is 6.42 Å². The minimum Gasteiger partial charge on any atom is -0.481 e. The molecule has 1 unspecified atom stereocenters. The van der Waals surface area contributed by atoms with Crippen molar-refractivity contribution >= 4 is 21.9 Å². The van der Waals surface area contributed by atoms with Gasteiger partial charge in [0.25, 0.3) is 0 Å².